The number of ketones is 1. The lowest BCUT2D eigenvalue weighted by Gasteiger charge is -2.08. The molecule has 0 atom stereocenters. The summed E-state index contributed by atoms with van der Waals surface area (Å²) in [5.41, 5.74) is 0.633. The molecule has 0 bridgehead atoms. The van der Waals surface area contributed by atoms with E-state index in [1.165, 1.54) is 13.0 Å². The molecule has 0 aliphatic rings. The molecule has 0 aliphatic heterocycles. The van der Waals surface area contributed by atoms with Crippen molar-refractivity contribution in [3.63, 3.8) is 0 Å². The van der Waals surface area contributed by atoms with Crippen molar-refractivity contribution < 1.29 is 18.0 Å². The molecule has 0 amide bonds. The van der Waals surface area contributed by atoms with Gasteiger partial charge in [-0.05, 0) is 31.5 Å². The zero-order valence-corrected chi connectivity index (χ0v) is 10.7. The molecule has 1 aromatic carbocycles. The molecule has 2 aromatic rings. The SMILES string of the molecule is CCn1cc(CC(C)=O)c2ccc(C(F)(F)F)cc21. The Hall–Kier alpha value is -1.78. The van der Waals surface area contributed by atoms with Gasteiger partial charge in [0.15, 0.2) is 0 Å². The third-order valence-electron chi connectivity index (χ3n) is 3.07. The Morgan fingerprint density at radius 1 is 1.32 bits per heavy atom. The molecular formula is C14H14F3NO. The van der Waals surface area contributed by atoms with Gasteiger partial charge < -0.3 is 4.57 Å². The fourth-order valence-corrected chi connectivity index (χ4v) is 2.22. The van der Waals surface area contributed by atoms with Gasteiger partial charge in [-0.25, -0.2) is 0 Å². The Balaban J connectivity index is 2.62. The van der Waals surface area contributed by atoms with Crippen molar-refractivity contribution in [2.45, 2.75) is 33.0 Å². The first-order valence-electron chi connectivity index (χ1n) is 6.01. The monoisotopic (exact) mass is 269 g/mol. The Bertz CT molecular complexity index is 625. The molecule has 2 nitrogen and oxygen atoms in total. The maximum absolute atomic E-state index is 12.7. The molecule has 0 saturated carbocycles. The normalized spacial score (nSPS) is 12.1. The van der Waals surface area contributed by atoms with Gasteiger partial charge in [-0.2, -0.15) is 13.2 Å². The Kier molecular flexibility index (Phi) is 3.39. The topological polar surface area (TPSA) is 22.0 Å². The van der Waals surface area contributed by atoms with E-state index in [1.54, 1.807) is 10.8 Å². The number of benzene rings is 1. The van der Waals surface area contributed by atoms with E-state index in [2.05, 4.69) is 0 Å². The van der Waals surface area contributed by atoms with Crippen LogP contribution in [0.5, 0.6) is 0 Å². The first-order chi connectivity index (χ1) is 8.82. The van der Waals surface area contributed by atoms with Crippen molar-refractivity contribution >= 4 is 16.7 Å². The summed E-state index contributed by atoms with van der Waals surface area (Å²) in [6, 6.07) is 3.65. The quantitative estimate of drug-likeness (QED) is 0.830. The number of halogens is 3. The maximum Gasteiger partial charge on any atom is 0.416 e. The number of nitrogens with zero attached hydrogens (tertiary/aromatic N) is 1. The minimum absolute atomic E-state index is 0.00458. The van der Waals surface area contributed by atoms with E-state index in [9.17, 15) is 18.0 Å². The van der Waals surface area contributed by atoms with Crippen LogP contribution in [-0.4, -0.2) is 10.4 Å². The highest BCUT2D eigenvalue weighted by Crippen LogP contribution is 2.33. The largest absolute Gasteiger partial charge is 0.416 e. The summed E-state index contributed by atoms with van der Waals surface area (Å²) in [6.07, 6.45) is -2.35. The van der Waals surface area contributed by atoms with Gasteiger partial charge in [0, 0.05) is 30.1 Å². The molecule has 0 spiro atoms. The predicted octanol–water partition coefficient (Wildman–Crippen LogP) is 3.81. The van der Waals surface area contributed by atoms with Gasteiger partial charge in [-0.1, -0.05) is 6.07 Å². The minimum Gasteiger partial charge on any atom is -0.347 e. The number of aryl methyl sites for hydroxylation is 1. The number of rotatable bonds is 3. The Morgan fingerprint density at radius 2 is 2.00 bits per heavy atom. The molecule has 1 aromatic heterocycles. The average Bonchev–Trinajstić information content (AvgIpc) is 2.65. The van der Waals surface area contributed by atoms with Crippen LogP contribution >= 0.6 is 0 Å². The first kappa shape index (κ1) is 13.6. The highest BCUT2D eigenvalue weighted by Gasteiger charge is 2.31. The second kappa shape index (κ2) is 4.72. The molecule has 0 unspecified atom stereocenters. The molecule has 0 N–H and O–H groups in total. The summed E-state index contributed by atoms with van der Waals surface area (Å²) in [5.74, 6) is -0.00458. The van der Waals surface area contributed by atoms with Gasteiger partial charge in [0.05, 0.1) is 5.56 Å². The lowest BCUT2D eigenvalue weighted by atomic mass is 10.1. The zero-order chi connectivity index (χ0) is 14.2. The number of hydrogen-bond acceptors (Lipinski definition) is 1. The molecular weight excluding hydrogens is 255 g/mol. The molecule has 5 heteroatoms. The lowest BCUT2D eigenvalue weighted by Crippen LogP contribution is -2.05. The molecule has 1 heterocycles. The molecule has 0 aliphatic carbocycles. The molecule has 102 valence electrons. The van der Waals surface area contributed by atoms with E-state index in [-0.39, 0.29) is 12.2 Å². The van der Waals surface area contributed by atoms with Gasteiger partial charge in [0.25, 0.3) is 0 Å². The van der Waals surface area contributed by atoms with E-state index < -0.39 is 11.7 Å². The van der Waals surface area contributed by atoms with Gasteiger partial charge in [-0.15, -0.1) is 0 Å². The number of Topliss-reactive ketones (excluding diaryl/α,β-unsaturated/α-hetero) is 1. The second-order valence-corrected chi connectivity index (χ2v) is 4.55. The maximum atomic E-state index is 12.7. The van der Waals surface area contributed by atoms with Crippen LogP contribution in [0.4, 0.5) is 13.2 Å². The zero-order valence-electron chi connectivity index (χ0n) is 10.7. The summed E-state index contributed by atoms with van der Waals surface area (Å²) in [7, 11) is 0. The van der Waals surface area contributed by atoms with Crippen molar-refractivity contribution in [1.29, 1.82) is 0 Å². The summed E-state index contributed by atoms with van der Waals surface area (Å²) < 4.78 is 39.9. The van der Waals surface area contributed by atoms with Crippen LogP contribution in [0, 0.1) is 0 Å². The van der Waals surface area contributed by atoms with Crippen molar-refractivity contribution in [2.24, 2.45) is 0 Å². The third kappa shape index (κ3) is 2.64. The van der Waals surface area contributed by atoms with E-state index >= 15 is 0 Å². The van der Waals surface area contributed by atoms with Crippen LogP contribution in [0.15, 0.2) is 24.4 Å². The Labute approximate surface area is 108 Å². The van der Waals surface area contributed by atoms with E-state index in [0.717, 1.165) is 17.7 Å². The van der Waals surface area contributed by atoms with E-state index in [1.807, 2.05) is 6.92 Å². The van der Waals surface area contributed by atoms with Crippen molar-refractivity contribution in [3.05, 3.63) is 35.5 Å². The van der Waals surface area contributed by atoms with Gasteiger partial charge in [0.2, 0.25) is 0 Å². The molecule has 2 rings (SSSR count). The van der Waals surface area contributed by atoms with E-state index in [4.69, 9.17) is 0 Å². The number of alkyl halides is 3. The number of carbonyl (C=O) groups excluding carboxylic acids is 1. The van der Waals surface area contributed by atoms with Crippen LogP contribution in [0.25, 0.3) is 10.9 Å². The lowest BCUT2D eigenvalue weighted by molar-refractivity contribution is -0.137. The number of aromatic nitrogens is 1. The second-order valence-electron chi connectivity index (χ2n) is 4.55. The smallest absolute Gasteiger partial charge is 0.347 e. The summed E-state index contributed by atoms with van der Waals surface area (Å²) in [4.78, 5) is 11.2. The molecule has 0 radical (unpaired) electrons. The fourth-order valence-electron chi connectivity index (χ4n) is 2.22. The number of hydrogen-bond donors (Lipinski definition) is 0. The van der Waals surface area contributed by atoms with Gasteiger partial charge in [-0.3, -0.25) is 4.79 Å². The van der Waals surface area contributed by atoms with Crippen molar-refractivity contribution in [3.8, 4) is 0 Å². The summed E-state index contributed by atoms with van der Waals surface area (Å²) in [6.45, 7) is 3.90. The van der Waals surface area contributed by atoms with E-state index in [0.29, 0.717) is 17.4 Å². The van der Waals surface area contributed by atoms with Crippen LogP contribution in [-0.2, 0) is 23.9 Å². The van der Waals surface area contributed by atoms with Crippen LogP contribution in [0.2, 0.25) is 0 Å². The highest BCUT2D eigenvalue weighted by molar-refractivity contribution is 5.89. The average molecular weight is 269 g/mol. The van der Waals surface area contributed by atoms with Crippen LogP contribution in [0.1, 0.15) is 25.0 Å². The van der Waals surface area contributed by atoms with Crippen LogP contribution < -0.4 is 0 Å². The predicted molar refractivity (Wildman–Crippen MR) is 67.0 cm³/mol. The number of fused-ring (bicyclic) bond motifs is 1. The molecule has 0 fully saturated rings. The van der Waals surface area contributed by atoms with Gasteiger partial charge >= 0.3 is 6.18 Å². The third-order valence-corrected chi connectivity index (χ3v) is 3.07. The number of carbonyl (C=O) groups is 1. The molecule has 19 heavy (non-hydrogen) atoms. The molecule has 0 saturated heterocycles. The summed E-state index contributed by atoms with van der Waals surface area (Å²) in [5, 5.41) is 0.713. The first-order valence-corrected chi connectivity index (χ1v) is 6.01. The standard InChI is InChI=1S/C14H14F3NO/c1-3-18-8-10(6-9(2)19)12-5-4-11(7-13(12)18)14(15,16)17/h4-5,7-8H,3,6H2,1-2H3. The minimum atomic E-state index is -4.35. The van der Waals surface area contributed by atoms with Crippen molar-refractivity contribution in [1.82, 2.24) is 4.57 Å². The fraction of sp³-hybridized carbons (Fsp3) is 0.357. The highest BCUT2D eigenvalue weighted by atomic mass is 19.4. The summed E-state index contributed by atoms with van der Waals surface area (Å²) >= 11 is 0. The Morgan fingerprint density at radius 3 is 2.53 bits per heavy atom. The van der Waals surface area contributed by atoms with Crippen molar-refractivity contribution in [2.75, 3.05) is 0 Å². The van der Waals surface area contributed by atoms with Crippen LogP contribution in [0.3, 0.4) is 0 Å². The van der Waals surface area contributed by atoms with Gasteiger partial charge in [0.1, 0.15) is 5.78 Å².